The van der Waals surface area contributed by atoms with Crippen molar-refractivity contribution >= 4 is 29.0 Å². The fourth-order valence-corrected chi connectivity index (χ4v) is 3.03. The van der Waals surface area contributed by atoms with Gasteiger partial charge in [-0.05, 0) is 18.6 Å². The van der Waals surface area contributed by atoms with Gasteiger partial charge in [0.25, 0.3) is 5.69 Å². The molecular weight excluding hydrogens is 368 g/mol. The number of hydrogen-bond acceptors (Lipinski definition) is 7. The van der Waals surface area contributed by atoms with Gasteiger partial charge in [-0.2, -0.15) is 0 Å². The Balaban J connectivity index is 1.63. The van der Waals surface area contributed by atoms with Gasteiger partial charge in [-0.25, -0.2) is 4.68 Å². The molecule has 3 rings (SSSR count). The molecule has 0 spiro atoms. The first-order valence-electron chi connectivity index (χ1n) is 7.89. The van der Waals surface area contributed by atoms with E-state index in [2.05, 4.69) is 15.5 Å². The molecule has 0 saturated heterocycles. The Morgan fingerprint density at radius 1 is 1.26 bits per heavy atom. The molecular formula is C17H16N6O3S. The summed E-state index contributed by atoms with van der Waals surface area (Å²) >= 11 is 1.15. The van der Waals surface area contributed by atoms with E-state index in [-0.39, 0.29) is 17.3 Å². The molecule has 1 heterocycles. The van der Waals surface area contributed by atoms with Crippen LogP contribution in [0.25, 0.3) is 11.4 Å². The summed E-state index contributed by atoms with van der Waals surface area (Å²) in [5, 5.41) is 22.0. The molecule has 0 atom stereocenters. The first-order chi connectivity index (χ1) is 13.0. The molecule has 0 saturated carbocycles. The number of nitrogens with two attached hydrogens (primary N) is 1. The summed E-state index contributed by atoms with van der Waals surface area (Å²) in [7, 11) is 0. The van der Waals surface area contributed by atoms with Crippen molar-refractivity contribution in [1.29, 1.82) is 0 Å². The fraction of sp³-hybridized carbons (Fsp3) is 0.118. The lowest BCUT2D eigenvalue weighted by Gasteiger charge is -2.08. The summed E-state index contributed by atoms with van der Waals surface area (Å²) in [6, 6.07) is 13.6. The van der Waals surface area contributed by atoms with Gasteiger partial charge in [-0.15, -0.1) is 10.2 Å². The summed E-state index contributed by atoms with van der Waals surface area (Å²) in [6.07, 6.45) is 0. The minimum atomic E-state index is -0.479. The number of carbonyl (C=O) groups excluding carboxylic acids is 1. The second kappa shape index (κ2) is 7.87. The number of nitro groups is 1. The zero-order valence-corrected chi connectivity index (χ0v) is 15.1. The van der Waals surface area contributed by atoms with Gasteiger partial charge in [-0.3, -0.25) is 14.9 Å². The molecule has 0 bridgehead atoms. The minimum absolute atomic E-state index is 0.0236. The number of nitrogens with one attached hydrogen (secondary N) is 1. The second-order valence-electron chi connectivity index (χ2n) is 5.64. The van der Waals surface area contributed by atoms with Crippen LogP contribution in [0.3, 0.4) is 0 Å². The van der Waals surface area contributed by atoms with E-state index in [1.807, 2.05) is 30.3 Å². The zero-order valence-electron chi connectivity index (χ0n) is 14.3. The van der Waals surface area contributed by atoms with Gasteiger partial charge in [0, 0.05) is 23.4 Å². The largest absolute Gasteiger partial charge is 0.335 e. The predicted molar refractivity (Wildman–Crippen MR) is 103 cm³/mol. The van der Waals surface area contributed by atoms with E-state index in [0.29, 0.717) is 22.2 Å². The number of benzene rings is 2. The van der Waals surface area contributed by atoms with Crippen molar-refractivity contribution in [2.45, 2.75) is 12.1 Å². The number of aryl methyl sites for hydroxylation is 1. The van der Waals surface area contributed by atoms with Crippen molar-refractivity contribution in [3.8, 4) is 11.4 Å². The molecule has 0 aliphatic carbocycles. The number of aromatic nitrogens is 3. The predicted octanol–water partition coefficient (Wildman–Crippen LogP) is 2.61. The van der Waals surface area contributed by atoms with Crippen LogP contribution in [0.1, 0.15) is 5.56 Å². The molecule has 2 aromatic carbocycles. The number of nitro benzene ring substituents is 1. The molecule has 0 fully saturated rings. The highest BCUT2D eigenvalue weighted by molar-refractivity contribution is 7.99. The summed E-state index contributed by atoms with van der Waals surface area (Å²) in [5.74, 6) is 6.32. The van der Waals surface area contributed by atoms with Crippen LogP contribution >= 0.6 is 11.8 Å². The molecule has 10 heteroatoms. The molecule has 3 N–H and O–H groups in total. The Bertz CT molecular complexity index is 990. The Labute approximate surface area is 158 Å². The fourth-order valence-electron chi connectivity index (χ4n) is 2.38. The Hall–Kier alpha value is -3.40. The topological polar surface area (TPSA) is 129 Å². The van der Waals surface area contributed by atoms with Crippen LogP contribution in [0.5, 0.6) is 0 Å². The number of carbonyl (C=O) groups is 1. The maximum Gasteiger partial charge on any atom is 0.269 e. The van der Waals surface area contributed by atoms with Crippen LogP contribution in [-0.2, 0) is 4.79 Å². The third-order valence-electron chi connectivity index (χ3n) is 3.72. The summed E-state index contributed by atoms with van der Waals surface area (Å²) in [5.41, 5.74) is 1.93. The van der Waals surface area contributed by atoms with Gasteiger partial charge in [0.15, 0.2) is 5.82 Å². The second-order valence-corrected chi connectivity index (χ2v) is 6.58. The van der Waals surface area contributed by atoms with Crippen molar-refractivity contribution in [3.05, 3.63) is 64.2 Å². The molecule has 9 nitrogen and oxygen atoms in total. The van der Waals surface area contributed by atoms with E-state index in [4.69, 9.17) is 5.84 Å². The van der Waals surface area contributed by atoms with E-state index < -0.39 is 4.92 Å². The average Bonchev–Trinajstić information content (AvgIpc) is 3.03. The normalized spacial score (nSPS) is 10.6. The van der Waals surface area contributed by atoms with E-state index in [1.54, 1.807) is 6.92 Å². The van der Waals surface area contributed by atoms with Crippen molar-refractivity contribution < 1.29 is 9.72 Å². The average molecular weight is 384 g/mol. The number of anilines is 1. The highest BCUT2D eigenvalue weighted by Crippen LogP contribution is 2.23. The lowest BCUT2D eigenvalue weighted by Crippen LogP contribution is -2.17. The maximum absolute atomic E-state index is 12.2. The molecule has 0 aliphatic rings. The third-order valence-corrected chi connectivity index (χ3v) is 4.67. The molecule has 1 amide bonds. The highest BCUT2D eigenvalue weighted by atomic mass is 32.2. The monoisotopic (exact) mass is 384 g/mol. The number of thioether (sulfide) groups is 1. The van der Waals surface area contributed by atoms with E-state index in [9.17, 15) is 14.9 Å². The summed E-state index contributed by atoms with van der Waals surface area (Å²) in [4.78, 5) is 22.5. The number of rotatable bonds is 6. The van der Waals surface area contributed by atoms with Crippen molar-refractivity contribution in [3.63, 3.8) is 0 Å². The van der Waals surface area contributed by atoms with Crippen LogP contribution < -0.4 is 11.2 Å². The van der Waals surface area contributed by atoms with Crippen LogP contribution in [-0.4, -0.2) is 31.5 Å². The number of nitrogen functional groups attached to an aromatic ring is 1. The molecule has 0 unspecified atom stereocenters. The van der Waals surface area contributed by atoms with Gasteiger partial charge >= 0.3 is 0 Å². The van der Waals surface area contributed by atoms with Gasteiger partial charge in [0.2, 0.25) is 11.1 Å². The maximum atomic E-state index is 12.2. The Morgan fingerprint density at radius 2 is 2.00 bits per heavy atom. The van der Waals surface area contributed by atoms with Gasteiger partial charge in [-0.1, -0.05) is 42.1 Å². The number of nitrogens with zero attached hydrogens (tertiary/aromatic N) is 4. The molecule has 27 heavy (non-hydrogen) atoms. The van der Waals surface area contributed by atoms with Crippen LogP contribution in [0, 0.1) is 17.0 Å². The first-order valence-corrected chi connectivity index (χ1v) is 8.88. The quantitative estimate of drug-likeness (QED) is 0.289. The van der Waals surface area contributed by atoms with Crippen molar-refractivity contribution in [2.24, 2.45) is 0 Å². The van der Waals surface area contributed by atoms with E-state index >= 15 is 0 Å². The number of amides is 1. The third kappa shape index (κ3) is 4.23. The van der Waals surface area contributed by atoms with E-state index in [1.165, 1.54) is 22.9 Å². The lowest BCUT2D eigenvalue weighted by molar-refractivity contribution is -0.384. The first kappa shape index (κ1) is 18.4. The highest BCUT2D eigenvalue weighted by Gasteiger charge is 2.15. The SMILES string of the molecule is Cc1cc([N+](=O)[O-])ccc1NC(=O)CSc1nnc(-c2ccccc2)n1N. The lowest BCUT2D eigenvalue weighted by atomic mass is 10.2. The molecule has 0 radical (unpaired) electrons. The van der Waals surface area contributed by atoms with Gasteiger partial charge < -0.3 is 11.2 Å². The summed E-state index contributed by atoms with van der Waals surface area (Å²) < 4.78 is 1.34. The summed E-state index contributed by atoms with van der Waals surface area (Å²) in [6.45, 7) is 1.69. The molecule has 3 aromatic rings. The van der Waals surface area contributed by atoms with Crippen molar-refractivity contribution in [1.82, 2.24) is 14.9 Å². The Morgan fingerprint density at radius 3 is 2.67 bits per heavy atom. The Kier molecular flexibility index (Phi) is 5.36. The number of non-ortho nitro benzene ring substituents is 1. The molecule has 1 aromatic heterocycles. The standard InChI is InChI=1S/C17H16N6O3S/c1-11-9-13(23(25)26)7-8-14(11)19-15(24)10-27-17-21-20-16(22(17)18)12-5-3-2-4-6-12/h2-9H,10,18H2,1H3,(H,19,24). The van der Waals surface area contributed by atoms with E-state index in [0.717, 1.165) is 17.3 Å². The minimum Gasteiger partial charge on any atom is -0.335 e. The van der Waals surface area contributed by atoms with Gasteiger partial charge in [0.05, 0.1) is 10.7 Å². The van der Waals surface area contributed by atoms with Crippen LogP contribution in [0.2, 0.25) is 0 Å². The zero-order chi connectivity index (χ0) is 19.4. The molecule has 0 aliphatic heterocycles. The van der Waals surface area contributed by atoms with Gasteiger partial charge in [0.1, 0.15) is 0 Å². The molecule has 138 valence electrons. The van der Waals surface area contributed by atoms with Crippen LogP contribution in [0.4, 0.5) is 11.4 Å². The number of hydrogen-bond donors (Lipinski definition) is 2. The van der Waals surface area contributed by atoms with Crippen molar-refractivity contribution in [2.75, 3.05) is 16.9 Å². The smallest absolute Gasteiger partial charge is 0.269 e. The van der Waals surface area contributed by atoms with Crippen LogP contribution in [0.15, 0.2) is 53.7 Å².